The second kappa shape index (κ2) is 6.57. The highest BCUT2D eigenvalue weighted by Gasteiger charge is 2.31. The van der Waals surface area contributed by atoms with Gasteiger partial charge in [-0.05, 0) is 18.2 Å². The number of halogens is 3. The van der Waals surface area contributed by atoms with Crippen molar-refractivity contribution in [2.24, 2.45) is 0 Å². The predicted molar refractivity (Wildman–Crippen MR) is 76.2 cm³/mol. The van der Waals surface area contributed by atoms with Crippen LogP contribution in [-0.4, -0.2) is 24.2 Å². The Labute approximate surface area is 133 Å². The number of carbonyl (C=O) groups excluding carboxylic acids is 1. The molecule has 0 aromatic heterocycles. The van der Waals surface area contributed by atoms with Gasteiger partial charge in [0.1, 0.15) is 11.5 Å². The summed E-state index contributed by atoms with van der Waals surface area (Å²) in [4.78, 5) is 22.6. The van der Waals surface area contributed by atoms with Crippen molar-refractivity contribution in [3.63, 3.8) is 0 Å². The minimum atomic E-state index is -4.89. The minimum Gasteiger partial charge on any atom is -0.496 e. The minimum absolute atomic E-state index is 0.0789. The number of nitro benzene ring substituents is 1. The number of carbonyl (C=O) groups is 1. The molecule has 6 nitrogen and oxygen atoms in total. The number of ketones is 1. The molecular weight excluding hydrogens is 331 g/mol. The van der Waals surface area contributed by atoms with E-state index in [2.05, 4.69) is 4.74 Å². The molecule has 24 heavy (non-hydrogen) atoms. The van der Waals surface area contributed by atoms with Crippen molar-refractivity contribution >= 4 is 11.5 Å². The molecule has 126 valence electrons. The molecule has 0 heterocycles. The quantitative estimate of drug-likeness (QED) is 0.470. The predicted octanol–water partition coefficient (Wildman–Crippen LogP) is 3.73. The molecule has 2 rings (SSSR count). The van der Waals surface area contributed by atoms with Gasteiger partial charge < -0.3 is 9.47 Å². The Morgan fingerprint density at radius 2 is 1.75 bits per heavy atom. The largest absolute Gasteiger partial charge is 0.573 e. The first-order chi connectivity index (χ1) is 11.2. The monoisotopic (exact) mass is 341 g/mol. The van der Waals surface area contributed by atoms with Gasteiger partial charge in [0.05, 0.1) is 18.1 Å². The maximum absolute atomic E-state index is 12.4. The number of benzene rings is 2. The van der Waals surface area contributed by atoms with Crippen LogP contribution in [0.15, 0.2) is 42.5 Å². The van der Waals surface area contributed by atoms with Gasteiger partial charge in [0.15, 0.2) is 5.78 Å². The van der Waals surface area contributed by atoms with Gasteiger partial charge in [0.25, 0.3) is 5.69 Å². The summed E-state index contributed by atoms with van der Waals surface area (Å²) in [5.41, 5.74) is -0.579. The van der Waals surface area contributed by atoms with Crippen LogP contribution in [0.25, 0.3) is 0 Å². The Balaban J connectivity index is 2.40. The molecule has 0 aliphatic heterocycles. The van der Waals surface area contributed by atoms with Crippen molar-refractivity contribution < 1.29 is 32.4 Å². The number of nitrogens with zero attached hydrogens (tertiary/aromatic N) is 1. The Hall–Kier alpha value is -3.10. The summed E-state index contributed by atoms with van der Waals surface area (Å²) in [6.45, 7) is 0. The standard InChI is InChI=1S/C15H10F3NO5/c1-23-13-7-10(5-11(8-13)19(21)22)14(20)9-3-2-4-12(6-9)24-15(16,17)18/h2-8H,1H3. The van der Waals surface area contributed by atoms with E-state index in [1.807, 2.05) is 0 Å². The van der Waals surface area contributed by atoms with Crippen LogP contribution in [0.2, 0.25) is 0 Å². The molecule has 0 saturated heterocycles. The molecule has 0 bridgehead atoms. The third-order valence-corrected chi connectivity index (χ3v) is 2.93. The van der Waals surface area contributed by atoms with Crippen molar-refractivity contribution in [2.75, 3.05) is 7.11 Å². The van der Waals surface area contributed by atoms with Gasteiger partial charge in [0.2, 0.25) is 0 Å². The molecule has 0 aliphatic carbocycles. The summed E-state index contributed by atoms with van der Waals surface area (Å²) in [5.74, 6) is -1.19. The Morgan fingerprint density at radius 1 is 1.08 bits per heavy atom. The summed E-state index contributed by atoms with van der Waals surface area (Å²) in [6.07, 6.45) is -4.89. The lowest BCUT2D eigenvalue weighted by molar-refractivity contribution is -0.384. The van der Waals surface area contributed by atoms with Gasteiger partial charge in [-0.15, -0.1) is 13.2 Å². The van der Waals surface area contributed by atoms with Gasteiger partial charge in [-0.2, -0.15) is 0 Å². The zero-order chi connectivity index (χ0) is 17.9. The van der Waals surface area contributed by atoms with E-state index in [0.717, 1.165) is 24.3 Å². The highest BCUT2D eigenvalue weighted by Crippen LogP contribution is 2.27. The zero-order valence-electron chi connectivity index (χ0n) is 12.2. The van der Waals surface area contributed by atoms with Crippen LogP contribution in [0.1, 0.15) is 15.9 Å². The lowest BCUT2D eigenvalue weighted by Crippen LogP contribution is -2.17. The van der Waals surface area contributed by atoms with Gasteiger partial charge in [0, 0.05) is 17.2 Å². The molecule has 0 amide bonds. The number of alkyl halides is 3. The number of non-ortho nitro benzene ring substituents is 1. The fraction of sp³-hybridized carbons (Fsp3) is 0.133. The number of nitro groups is 1. The summed E-state index contributed by atoms with van der Waals surface area (Å²) in [5, 5.41) is 10.9. The average Bonchev–Trinajstić information content (AvgIpc) is 2.52. The van der Waals surface area contributed by atoms with Crippen LogP contribution in [-0.2, 0) is 0 Å². The number of rotatable bonds is 5. The van der Waals surface area contributed by atoms with Crippen molar-refractivity contribution in [3.05, 3.63) is 63.7 Å². The molecule has 0 radical (unpaired) electrons. The van der Waals surface area contributed by atoms with Gasteiger partial charge in [-0.1, -0.05) is 12.1 Å². The first-order valence-corrected chi connectivity index (χ1v) is 6.43. The Morgan fingerprint density at radius 3 is 2.33 bits per heavy atom. The van der Waals surface area contributed by atoms with Crippen LogP contribution >= 0.6 is 0 Å². The Kier molecular flexibility index (Phi) is 4.72. The van der Waals surface area contributed by atoms with E-state index in [9.17, 15) is 28.1 Å². The molecule has 0 atom stereocenters. The third kappa shape index (κ3) is 4.22. The van der Waals surface area contributed by atoms with E-state index in [1.165, 1.54) is 25.3 Å². The molecule has 2 aromatic carbocycles. The van der Waals surface area contributed by atoms with Gasteiger partial charge >= 0.3 is 6.36 Å². The van der Waals surface area contributed by atoms with E-state index in [-0.39, 0.29) is 22.6 Å². The molecule has 0 saturated carbocycles. The first kappa shape index (κ1) is 17.3. The number of ether oxygens (including phenoxy) is 2. The van der Waals surface area contributed by atoms with Gasteiger partial charge in [-0.25, -0.2) is 0 Å². The van der Waals surface area contributed by atoms with Crippen molar-refractivity contribution in [2.45, 2.75) is 6.36 Å². The molecule has 0 fully saturated rings. The molecule has 0 aliphatic rings. The maximum atomic E-state index is 12.4. The lowest BCUT2D eigenvalue weighted by Gasteiger charge is -2.10. The van der Waals surface area contributed by atoms with Crippen LogP contribution in [0.5, 0.6) is 11.5 Å². The maximum Gasteiger partial charge on any atom is 0.573 e. The smallest absolute Gasteiger partial charge is 0.496 e. The first-order valence-electron chi connectivity index (χ1n) is 6.43. The molecule has 0 spiro atoms. The SMILES string of the molecule is COc1cc(C(=O)c2cccc(OC(F)(F)F)c2)cc([N+](=O)[O-])c1. The summed E-state index contributed by atoms with van der Waals surface area (Å²) >= 11 is 0. The summed E-state index contributed by atoms with van der Waals surface area (Å²) in [7, 11) is 1.27. The van der Waals surface area contributed by atoms with Crippen LogP contribution in [0, 0.1) is 10.1 Å². The topological polar surface area (TPSA) is 78.7 Å². The van der Waals surface area contributed by atoms with Crippen LogP contribution < -0.4 is 9.47 Å². The number of hydrogen-bond acceptors (Lipinski definition) is 5. The highest BCUT2D eigenvalue weighted by molar-refractivity contribution is 6.09. The third-order valence-electron chi connectivity index (χ3n) is 2.93. The molecular formula is C15H10F3NO5. The van der Waals surface area contributed by atoms with Crippen molar-refractivity contribution in [1.82, 2.24) is 0 Å². The van der Waals surface area contributed by atoms with Crippen molar-refractivity contribution in [3.8, 4) is 11.5 Å². The van der Waals surface area contributed by atoms with E-state index >= 15 is 0 Å². The Bertz CT molecular complexity index is 789. The van der Waals surface area contributed by atoms with E-state index in [1.54, 1.807) is 0 Å². The van der Waals surface area contributed by atoms with Crippen LogP contribution in [0.3, 0.4) is 0 Å². The van der Waals surface area contributed by atoms with E-state index in [0.29, 0.717) is 0 Å². The number of hydrogen-bond donors (Lipinski definition) is 0. The molecule has 0 unspecified atom stereocenters. The molecule has 9 heteroatoms. The van der Waals surface area contributed by atoms with Gasteiger partial charge in [-0.3, -0.25) is 14.9 Å². The van der Waals surface area contributed by atoms with Crippen molar-refractivity contribution in [1.29, 1.82) is 0 Å². The zero-order valence-corrected chi connectivity index (χ0v) is 12.2. The highest BCUT2D eigenvalue weighted by atomic mass is 19.4. The fourth-order valence-electron chi connectivity index (χ4n) is 1.94. The van der Waals surface area contributed by atoms with E-state index < -0.39 is 22.8 Å². The lowest BCUT2D eigenvalue weighted by atomic mass is 10.0. The second-order valence-electron chi connectivity index (χ2n) is 4.58. The fourth-order valence-corrected chi connectivity index (χ4v) is 1.94. The summed E-state index contributed by atoms with van der Waals surface area (Å²) < 4.78 is 45.4. The average molecular weight is 341 g/mol. The number of methoxy groups -OCH3 is 1. The second-order valence-corrected chi connectivity index (χ2v) is 4.58. The molecule has 2 aromatic rings. The van der Waals surface area contributed by atoms with Crippen LogP contribution in [0.4, 0.5) is 18.9 Å². The summed E-state index contributed by atoms with van der Waals surface area (Å²) in [6, 6.07) is 7.83. The molecule has 0 N–H and O–H groups in total. The van der Waals surface area contributed by atoms with E-state index in [4.69, 9.17) is 4.74 Å². The normalized spacial score (nSPS) is 11.0.